The van der Waals surface area contributed by atoms with Gasteiger partial charge in [0.15, 0.2) is 0 Å². The van der Waals surface area contributed by atoms with Crippen LogP contribution in [0, 0.1) is 6.92 Å². The number of Topliss-reactive ketones (excluding diaryl/α,β-unsaturated/α-hetero) is 1. The summed E-state index contributed by atoms with van der Waals surface area (Å²) in [4.78, 5) is 28.5. The fourth-order valence-electron chi connectivity index (χ4n) is 5.59. The van der Waals surface area contributed by atoms with Crippen molar-refractivity contribution >= 4 is 17.4 Å². The Morgan fingerprint density at radius 2 is 1.67 bits per heavy atom. The number of benzene rings is 3. The van der Waals surface area contributed by atoms with E-state index in [1.54, 1.807) is 23.1 Å². The molecule has 1 N–H and O–H groups in total. The number of aryl methyl sites for hydroxylation is 1. The van der Waals surface area contributed by atoms with Crippen LogP contribution in [0.3, 0.4) is 0 Å². The minimum Gasteiger partial charge on any atom is -0.507 e. The molecule has 1 heterocycles. The lowest BCUT2D eigenvalue weighted by molar-refractivity contribution is -0.141. The maximum atomic E-state index is 13.4. The Morgan fingerprint density at radius 3 is 2.31 bits per heavy atom. The highest BCUT2D eigenvalue weighted by molar-refractivity contribution is 6.46. The van der Waals surface area contributed by atoms with Crippen molar-refractivity contribution in [3.63, 3.8) is 0 Å². The minimum absolute atomic E-state index is 0.0289. The highest BCUT2D eigenvalue weighted by Gasteiger charge is 2.49. The lowest BCUT2D eigenvalue weighted by Gasteiger charge is -2.31. The zero-order valence-electron chi connectivity index (χ0n) is 22.7. The van der Waals surface area contributed by atoms with Crippen molar-refractivity contribution in [1.29, 1.82) is 0 Å². The predicted molar refractivity (Wildman–Crippen MR) is 151 cm³/mol. The van der Waals surface area contributed by atoms with E-state index in [0.29, 0.717) is 23.7 Å². The Balaban J connectivity index is 1.50. The normalized spacial score (nSPS) is 19.2. The number of carbonyl (C=O) groups excluding carboxylic acids is 2. The van der Waals surface area contributed by atoms with Crippen LogP contribution in [0.5, 0.6) is 11.5 Å². The van der Waals surface area contributed by atoms with Gasteiger partial charge in [-0.25, -0.2) is 0 Å². The molecule has 1 atom stereocenters. The number of likely N-dealkylation sites (tertiary alicyclic amines) is 1. The van der Waals surface area contributed by atoms with Gasteiger partial charge in [-0.3, -0.25) is 9.59 Å². The summed E-state index contributed by atoms with van der Waals surface area (Å²) in [5, 5.41) is 11.5. The third-order valence-electron chi connectivity index (χ3n) is 7.45. The highest BCUT2D eigenvalue weighted by Crippen LogP contribution is 2.44. The van der Waals surface area contributed by atoms with Gasteiger partial charge >= 0.3 is 0 Å². The molecule has 0 spiro atoms. The van der Waals surface area contributed by atoms with Crippen LogP contribution in [-0.2, 0) is 16.2 Å². The molecule has 1 amide bonds. The second kappa shape index (κ2) is 11.4. The average Bonchev–Trinajstić information content (AvgIpc) is 3.55. The van der Waals surface area contributed by atoms with Crippen molar-refractivity contribution in [2.75, 3.05) is 0 Å². The molecule has 5 rings (SSSR count). The summed E-state index contributed by atoms with van der Waals surface area (Å²) in [5.41, 5.74) is 3.27. The van der Waals surface area contributed by atoms with E-state index in [2.05, 4.69) is 0 Å². The summed E-state index contributed by atoms with van der Waals surface area (Å²) in [6.07, 6.45) is 3.77. The van der Waals surface area contributed by atoms with E-state index in [4.69, 9.17) is 9.47 Å². The second-order valence-electron chi connectivity index (χ2n) is 10.6. The van der Waals surface area contributed by atoms with Gasteiger partial charge in [0, 0.05) is 11.6 Å². The molecule has 6 nitrogen and oxygen atoms in total. The topological polar surface area (TPSA) is 76.1 Å². The third kappa shape index (κ3) is 5.56. The molecular weight excluding hydrogens is 490 g/mol. The average molecular weight is 526 g/mol. The summed E-state index contributed by atoms with van der Waals surface area (Å²) < 4.78 is 11.8. The van der Waals surface area contributed by atoms with Crippen molar-refractivity contribution in [2.45, 2.75) is 71.2 Å². The molecule has 3 aromatic rings. The Morgan fingerprint density at radius 1 is 0.974 bits per heavy atom. The fourth-order valence-corrected chi connectivity index (χ4v) is 5.59. The number of aliphatic hydroxyl groups excluding tert-OH is 1. The quantitative estimate of drug-likeness (QED) is 0.201. The molecule has 1 aliphatic carbocycles. The molecule has 0 bridgehead atoms. The van der Waals surface area contributed by atoms with Crippen LogP contribution in [0.2, 0.25) is 0 Å². The number of nitrogens with zero attached hydrogens (tertiary/aromatic N) is 1. The summed E-state index contributed by atoms with van der Waals surface area (Å²) in [5.74, 6) is 0.0518. The number of carbonyl (C=O) groups is 2. The summed E-state index contributed by atoms with van der Waals surface area (Å²) >= 11 is 0. The maximum absolute atomic E-state index is 13.4. The lowest BCUT2D eigenvalue weighted by atomic mass is 9.94. The van der Waals surface area contributed by atoms with E-state index in [-0.39, 0.29) is 23.5 Å². The Bertz CT molecular complexity index is 1370. The van der Waals surface area contributed by atoms with Gasteiger partial charge in [0.1, 0.15) is 23.9 Å². The van der Waals surface area contributed by atoms with Crippen LogP contribution >= 0.6 is 0 Å². The standard InChI is InChI=1S/C33H35NO5/c1-21(2)39-27-16-13-24(14-17-27)30-29(32(36)33(37)34(30)26-11-7-8-12-26)31(35)25-15-18-28(22(3)19-25)38-20-23-9-5-4-6-10-23/h4-6,9-10,13-19,21,26,30,35H,7-8,11-12,20H2,1-3H3/b31-29-. The molecule has 2 fully saturated rings. The van der Waals surface area contributed by atoms with E-state index in [0.717, 1.165) is 42.4 Å². The van der Waals surface area contributed by atoms with Crippen molar-refractivity contribution in [1.82, 2.24) is 4.90 Å². The lowest BCUT2D eigenvalue weighted by Crippen LogP contribution is -2.37. The van der Waals surface area contributed by atoms with Gasteiger partial charge in [-0.2, -0.15) is 0 Å². The third-order valence-corrected chi connectivity index (χ3v) is 7.45. The van der Waals surface area contributed by atoms with Crippen LogP contribution in [0.1, 0.15) is 67.8 Å². The van der Waals surface area contributed by atoms with Gasteiger partial charge in [-0.05, 0) is 80.6 Å². The van der Waals surface area contributed by atoms with Crippen molar-refractivity contribution in [3.05, 3.63) is 101 Å². The zero-order valence-corrected chi connectivity index (χ0v) is 22.7. The molecule has 1 saturated heterocycles. The Hall–Kier alpha value is -4.06. The van der Waals surface area contributed by atoms with Gasteiger partial charge in [-0.15, -0.1) is 0 Å². The molecule has 6 heteroatoms. The Kier molecular flexibility index (Phi) is 7.73. The first-order valence-corrected chi connectivity index (χ1v) is 13.7. The van der Waals surface area contributed by atoms with Gasteiger partial charge < -0.3 is 19.5 Å². The minimum atomic E-state index is -0.657. The number of rotatable bonds is 8. The first kappa shape index (κ1) is 26.5. The van der Waals surface area contributed by atoms with Crippen LogP contribution in [0.25, 0.3) is 5.76 Å². The van der Waals surface area contributed by atoms with Crippen molar-refractivity contribution in [3.8, 4) is 11.5 Å². The van der Waals surface area contributed by atoms with E-state index in [1.165, 1.54) is 0 Å². The molecule has 1 saturated carbocycles. The zero-order chi connectivity index (χ0) is 27.5. The number of ketones is 1. The molecule has 2 aliphatic rings. The number of hydrogen-bond donors (Lipinski definition) is 1. The van der Waals surface area contributed by atoms with E-state index >= 15 is 0 Å². The molecule has 202 valence electrons. The monoisotopic (exact) mass is 525 g/mol. The van der Waals surface area contributed by atoms with Gasteiger partial charge in [0.2, 0.25) is 0 Å². The van der Waals surface area contributed by atoms with E-state index in [1.807, 2.05) is 75.4 Å². The van der Waals surface area contributed by atoms with Crippen molar-refractivity contribution in [2.24, 2.45) is 0 Å². The molecule has 39 heavy (non-hydrogen) atoms. The van der Waals surface area contributed by atoms with Crippen LogP contribution in [0.15, 0.2) is 78.4 Å². The van der Waals surface area contributed by atoms with Crippen LogP contribution in [0.4, 0.5) is 0 Å². The number of aliphatic hydroxyl groups is 1. The highest BCUT2D eigenvalue weighted by atomic mass is 16.5. The van der Waals surface area contributed by atoms with E-state index < -0.39 is 17.7 Å². The van der Waals surface area contributed by atoms with Gasteiger partial charge in [0.05, 0.1) is 17.7 Å². The summed E-state index contributed by atoms with van der Waals surface area (Å²) in [7, 11) is 0. The Labute approximate surface area is 229 Å². The van der Waals surface area contributed by atoms with E-state index in [9.17, 15) is 14.7 Å². The smallest absolute Gasteiger partial charge is 0.295 e. The summed E-state index contributed by atoms with van der Waals surface area (Å²) in [6.45, 7) is 6.25. The molecule has 3 aromatic carbocycles. The van der Waals surface area contributed by atoms with Gasteiger partial charge in [-0.1, -0.05) is 55.3 Å². The van der Waals surface area contributed by atoms with Crippen molar-refractivity contribution < 1.29 is 24.2 Å². The first-order valence-electron chi connectivity index (χ1n) is 13.7. The van der Waals surface area contributed by atoms with Crippen LogP contribution in [-0.4, -0.2) is 33.8 Å². The molecule has 1 aliphatic heterocycles. The molecular formula is C33H35NO5. The SMILES string of the molecule is Cc1cc(/C(O)=C2/C(=O)C(=O)N(C3CCCC3)C2c2ccc(OC(C)C)cc2)ccc1OCc1ccccc1. The van der Waals surface area contributed by atoms with Gasteiger partial charge in [0.25, 0.3) is 11.7 Å². The first-order chi connectivity index (χ1) is 18.8. The number of hydrogen-bond acceptors (Lipinski definition) is 5. The number of ether oxygens (including phenoxy) is 2. The number of amides is 1. The molecule has 0 radical (unpaired) electrons. The second-order valence-corrected chi connectivity index (χ2v) is 10.6. The van der Waals surface area contributed by atoms with Crippen LogP contribution < -0.4 is 9.47 Å². The largest absolute Gasteiger partial charge is 0.507 e. The fraction of sp³-hybridized carbons (Fsp3) is 0.333. The maximum Gasteiger partial charge on any atom is 0.295 e. The molecule has 1 unspecified atom stereocenters. The summed E-state index contributed by atoms with van der Waals surface area (Å²) in [6, 6.07) is 22.0. The predicted octanol–water partition coefficient (Wildman–Crippen LogP) is 6.73. The molecule has 0 aromatic heterocycles.